The van der Waals surface area contributed by atoms with Crippen LogP contribution in [0.1, 0.15) is 23.9 Å². The number of benzene rings is 1. The predicted molar refractivity (Wildman–Crippen MR) is 91.2 cm³/mol. The fraction of sp³-hybridized carbons (Fsp3) is 0.222. The number of nitriles is 1. The van der Waals surface area contributed by atoms with E-state index in [0.29, 0.717) is 29.6 Å². The molecule has 0 aliphatic heterocycles. The summed E-state index contributed by atoms with van der Waals surface area (Å²) in [5, 5.41) is 11.0. The first kappa shape index (κ1) is 16.1. The van der Waals surface area contributed by atoms with Crippen LogP contribution in [0, 0.1) is 18.3 Å². The Labute approximate surface area is 144 Å². The second kappa shape index (κ2) is 7.20. The molecule has 1 aromatic carbocycles. The molecule has 0 amide bonds. The minimum atomic E-state index is 0.271. The molecule has 0 bridgehead atoms. The lowest BCUT2D eigenvalue weighted by atomic mass is 10.2. The van der Waals surface area contributed by atoms with Crippen molar-refractivity contribution in [1.82, 2.24) is 4.98 Å². The second-order valence-electron chi connectivity index (χ2n) is 4.99. The molecule has 24 heavy (non-hydrogen) atoms. The average Bonchev–Trinajstić information content (AvgIpc) is 3.23. The normalized spacial score (nSPS) is 10.4. The van der Waals surface area contributed by atoms with Crippen LogP contribution in [-0.2, 0) is 6.61 Å². The van der Waals surface area contributed by atoms with Crippen LogP contribution in [-0.4, -0.2) is 11.6 Å². The van der Waals surface area contributed by atoms with Gasteiger partial charge in [-0.3, -0.25) is 0 Å². The molecule has 0 unspecified atom stereocenters. The van der Waals surface area contributed by atoms with E-state index in [2.05, 4.69) is 11.1 Å². The first-order valence-corrected chi connectivity index (χ1v) is 8.39. The highest BCUT2D eigenvalue weighted by Crippen LogP contribution is 2.30. The first-order valence-electron chi connectivity index (χ1n) is 7.51. The van der Waals surface area contributed by atoms with Crippen molar-refractivity contribution < 1.29 is 13.9 Å². The number of nitrogens with zero attached hydrogens (tertiary/aromatic N) is 2. The van der Waals surface area contributed by atoms with Gasteiger partial charge in [-0.15, -0.1) is 11.3 Å². The Hall–Kier alpha value is -2.78. The minimum Gasteiger partial charge on any atom is -0.490 e. The van der Waals surface area contributed by atoms with Crippen LogP contribution in [0.25, 0.3) is 10.8 Å². The summed E-state index contributed by atoms with van der Waals surface area (Å²) in [4.78, 5) is 5.49. The second-order valence-corrected chi connectivity index (χ2v) is 5.94. The standard InChI is InChI=1S/C18H16N2O3S/c1-3-21-16-9-13(10-19)6-7-15(16)22-11-14-12(2)23-18(20-14)17-5-4-8-24-17/h4-9H,3,11H2,1-2H3. The zero-order chi connectivity index (χ0) is 16.9. The van der Waals surface area contributed by atoms with Crippen LogP contribution < -0.4 is 9.47 Å². The summed E-state index contributed by atoms with van der Waals surface area (Å²) in [6.07, 6.45) is 0. The molecule has 0 saturated heterocycles. The third-order valence-corrected chi connectivity index (χ3v) is 4.22. The molecule has 0 aliphatic rings. The molecule has 0 fully saturated rings. The van der Waals surface area contributed by atoms with Crippen LogP contribution in [0.2, 0.25) is 0 Å². The maximum Gasteiger partial charge on any atom is 0.236 e. The number of rotatable bonds is 6. The van der Waals surface area contributed by atoms with Gasteiger partial charge in [0.05, 0.1) is 23.1 Å². The maximum atomic E-state index is 8.99. The van der Waals surface area contributed by atoms with Crippen molar-refractivity contribution in [2.75, 3.05) is 6.61 Å². The van der Waals surface area contributed by atoms with Crippen molar-refractivity contribution in [1.29, 1.82) is 5.26 Å². The van der Waals surface area contributed by atoms with E-state index in [-0.39, 0.29) is 6.61 Å². The van der Waals surface area contributed by atoms with E-state index in [1.165, 1.54) is 0 Å². The van der Waals surface area contributed by atoms with Crippen molar-refractivity contribution in [3.05, 3.63) is 52.7 Å². The van der Waals surface area contributed by atoms with Gasteiger partial charge >= 0.3 is 0 Å². The molecule has 5 nitrogen and oxygen atoms in total. The predicted octanol–water partition coefficient (Wildman–Crippen LogP) is 4.56. The number of aryl methyl sites for hydroxylation is 1. The van der Waals surface area contributed by atoms with E-state index in [0.717, 1.165) is 16.3 Å². The Bertz CT molecular complexity index is 863. The summed E-state index contributed by atoms with van der Waals surface area (Å²) in [7, 11) is 0. The molecule has 0 spiro atoms. The third-order valence-electron chi connectivity index (χ3n) is 3.36. The molecule has 0 saturated carbocycles. The van der Waals surface area contributed by atoms with Crippen molar-refractivity contribution in [3.63, 3.8) is 0 Å². The van der Waals surface area contributed by atoms with E-state index >= 15 is 0 Å². The van der Waals surface area contributed by atoms with E-state index in [1.807, 2.05) is 31.4 Å². The van der Waals surface area contributed by atoms with Crippen LogP contribution in [0.5, 0.6) is 11.5 Å². The summed E-state index contributed by atoms with van der Waals surface area (Å²) in [6.45, 7) is 4.52. The largest absolute Gasteiger partial charge is 0.490 e. The molecule has 6 heteroatoms. The average molecular weight is 340 g/mol. The van der Waals surface area contributed by atoms with Gasteiger partial charge in [0.15, 0.2) is 11.5 Å². The summed E-state index contributed by atoms with van der Waals surface area (Å²) in [6, 6.07) is 11.1. The lowest BCUT2D eigenvalue weighted by Crippen LogP contribution is -2.01. The van der Waals surface area contributed by atoms with Gasteiger partial charge in [-0.05, 0) is 37.4 Å². The SMILES string of the molecule is CCOc1cc(C#N)ccc1OCc1nc(-c2cccs2)oc1C. The molecular formula is C18H16N2O3S. The van der Waals surface area contributed by atoms with Crippen molar-refractivity contribution in [2.45, 2.75) is 20.5 Å². The summed E-state index contributed by atoms with van der Waals surface area (Å²) in [5.41, 5.74) is 1.27. The zero-order valence-corrected chi connectivity index (χ0v) is 14.2. The van der Waals surface area contributed by atoms with Crippen molar-refractivity contribution in [3.8, 4) is 28.3 Å². The Balaban J connectivity index is 1.78. The van der Waals surface area contributed by atoms with E-state index in [9.17, 15) is 0 Å². The summed E-state index contributed by atoms with van der Waals surface area (Å²) in [5.74, 6) is 2.46. The van der Waals surface area contributed by atoms with Crippen LogP contribution >= 0.6 is 11.3 Å². The van der Waals surface area contributed by atoms with Gasteiger partial charge in [-0.1, -0.05) is 6.07 Å². The molecule has 3 aromatic rings. The lowest BCUT2D eigenvalue weighted by molar-refractivity contribution is 0.265. The maximum absolute atomic E-state index is 8.99. The van der Waals surface area contributed by atoms with Gasteiger partial charge in [-0.2, -0.15) is 5.26 Å². The monoisotopic (exact) mass is 340 g/mol. The van der Waals surface area contributed by atoms with Crippen molar-refractivity contribution in [2.24, 2.45) is 0 Å². The number of hydrogen-bond acceptors (Lipinski definition) is 6. The van der Waals surface area contributed by atoms with Crippen LogP contribution in [0.3, 0.4) is 0 Å². The Morgan fingerprint density at radius 2 is 2.12 bits per heavy atom. The van der Waals surface area contributed by atoms with Gasteiger partial charge in [0.1, 0.15) is 18.1 Å². The van der Waals surface area contributed by atoms with Crippen LogP contribution in [0.15, 0.2) is 40.1 Å². The Kier molecular flexibility index (Phi) is 4.82. The van der Waals surface area contributed by atoms with E-state index < -0.39 is 0 Å². The molecule has 2 heterocycles. The smallest absolute Gasteiger partial charge is 0.236 e. The Morgan fingerprint density at radius 1 is 1.25 bits per heavy atom. The number of aromatic nitrogens is 1. The van der Waals surface area contributed by atoms with Crippen LogP contribution in [0.4, 0.5) is 0 Å². The highest BCUT2D eigenvalue weighted by molar-refractivity contribution is 7.13. The number of ether oxygens (including phenoxy) is 2. The molecule has 2 aromatic heterocycles. The number of oxazole rings is 1. The number of thiophene rings is 1. The topological polar surface area (TPSA) is 68.3 Å². The van der Waals surface area contributed by atoms with E-state index in [4.69, 9.17) is 19.2 Å². The fourth-order valence-corrected chi connectivity index (χ4v) is 2.83. The van der Waals surface area contributed by atoms with Gasteiger partial charge < -0.3 is 13.9 Å². The summed E-state index contributed by atoms with van der Waals surface area (Å²) >= 11 is 1.58. The first-order chi connectivity index (χ1) is 11.7. The lowest BCUT2D eigenvalue weighted by Gasteiger charge is -2.11. The van der Waals surface area contributed by atoms with Gasteiger partial charge in [0.25, 0.3) is 0 Å². The van der Waals surface area contributed by atoms with E-state index in [1.54, 1.807) is 29.5 Å². The van der Waals surface area contributed by atoms with Gasteiger partial charge in [0.2, 0.25) is 5.89 Å². The third kappa shape index (κ3) is 3.42. The highest BCUT2D eigenvalue weighted by atomic mass is 32.1. The molecule has 0 atom stereocenters. The molecular weight excluding hydrogens is 324 g/mol. The summed E-state index contributed by atoms with van der Waals surface area (Å²) < 4.78 is 17.1. The molecule has 0 radical (unpaired) electrons. The zero-order valence-electron chi connectivity index (χ0n) is 13.4. The molecule has 3 rings (SSSR count). The minimum absolute atomic E-state index is 0.271. The molecule has 122 valence electrons. The number of hydrogen-bond donors (Lipinski definition) is 0. The Morgan fingerprint density at radius 3 is 2.83 bits per heavy atom. The quantitative estimate of drug-likeness (QED) is 0.658. The highest BCUT2D eigenvalue weighted by Gasteiger charge is 2.14. The molecule has 0 N–H and O–H groups in total. The van der Waals surface area contributed by atoms with Crippen molar-refractivity contribution >= 4 is 11.3 Å². The fourth-order valence-electron chi connectivity index (χ4n) is 2.18. The van der Waals surface area contributed by atoms with Gasteiger partial charge in [0, 0.05) is 6.07 Å². The van der Waals surface area contributed by atoms with Gasteiger partial charge in [-0.25, -0.2) is 4.98 Å². The molecule has 0 aliphatic carbocycles.